The van der Waals surface area contributed by atoms with E-state index in [4.69, 9.17) is 5.73 Å². The molecule has 1 aromatic heterocycles. The first-order valence-corrected chi connectivity index (χ1v) is 6.36. The first kappa shape index (κ1) is 12.8. The molecule has 0 unspecified atom stereocenters. The van der Waals surface area contributed by atoms with Crippen LogP contribution in [0.1, 0.15) is 19.8 Å². The van der Waals surface area contributed by atoms with E-state index in [0.29, 0.717) is 18.6 Å². The van der Waals surface area contributed by atoms with Crippen molar-refractivity contribution < 1.29 is 4.39 Å². The van der Waals surface area contributed by atoms with Gasteiger partial charge in [-0.1, -0.05) is 13.3 Å². The minimum Gasteiger partial charge on any atom is -0.356 e. The Morgan fingerprint density at radius 2 is 2.28 bits per heavy atom. The predicted molar refractivity (Wildman–Crippen MR) is 72.1 cm³/mol. The largest absolute Gasteiger partial charge is 0.356 e. The number of nitrogens with one attached hydrogen (secondary N) is 1. The van der Waals surface area contributed by atoms with Crippen LogP contribution in [0.3, 0.4) is 0 Å². The molecule has 0 fully saturated rings. The Kier molecular flexibility index (Phi) is 4.15. The Balaban J connectivity index is 2.34. The topological polar surface area (TPSA) is 55.9 Å². The number of aromatic nitrogens is 2. The Bertz CT molecular complexity index is 521. The van der Waals surface area contributed by atoms with Gasteiger partial charge in [0, 0.05) is 25.7 Å². The lowest BCUT2D eigenvalue weighted by atomic mass is 10.3. The zero-order valence-corrected chi connectivity index (χ0v) is 10.6. The summed E-state index contributed by atoms with van der Waals surface area (Å²) in [5.41, 5.74) is 7.20. The number of nitrogens with two attached hydrogens (primary N) is 1. The van der Waals surface area contributed by atoms with Crippen LogP contribution in [-0.2, 0) is 6.54 Å². The Labute approximate surface area is 106 Å². The number of benzene rings is 1. The van der Waals surface area contributed by atoms with Crippen molar-refractivity contribution in [3.8, 4) is 0 Å². The van der Waals surface area contributed by atoms with Crippen molar-refractivity contribution in [2.24, 2.45) is 5.73 Å². The summed E-state index contributed by atoms with van der Waals surface area (Å²) in [4.78, 5) is 4.42. The van der Waals surface area contributed by atoms with Gasteiger partial charge in [0.05, 0.1) is 11.0 Å². The molecule has 98 valence electrons. The summed E-state index contributed by atoms with van der Waals surface area (Å²) in [6.07, 6.45) is 2.21. The second kappa shape index (κ2) is 5.82. The molecule has 5 heteroatoms. The van der Waals surface area contributed by atoms with Crippen molar-refractivity contribution in [3.05, 3.63) is 24.0 Å². The molecule has 0 aliphatic heterocycles. The van der Waals surface area contributed by atoms with Gasteiger partial charge in [-0.15, -0.1) is 0 Å². The van der Waals surface area contributed by atoms with Gasteiger partial charge in [-0.05, 0) is 18.6 Å². The number of rotatable bonds is 6. The number of imidazole rings is 1. The molecule has 1 aromatic carbocycles. The maximum atomic E-state index is 13.2. The molecule has 0 aliphatic rings. The molecule has 0 spiro atoms. The molecular weight excluding hydrogens is 231 g/mol. The summed E-state index contributed by atoms with van der Waals surface area (Å²) < 4.78 is 15.2. The van der Waals surface area contributed by atoms with E-state index in [9.17, 15) is 4.39 Å². The van der Waals surface area contributed by atoms with Crippen molar-refractivity contribution in [3.63, 3.8) is 0 Å². The Hall–Kier alpha value is -1.62. The quantitative estimate of drug-likeness (QED) is 0.774. The van der Waals surface area contributed by atoms with Crippen LogP contribution in [0.5, 0.6) is 0 Å². The number of nitrogens with zero attached hydrogens (tertiary/aromatic N) is 2. The van der Waals surface area contributed by atoms with Crippen LogP contribution >= 0.6 is 0 Å². The standard InChI is InChI=1S/C13H19FN4/c1-2-3-7-16-13-17-11-9-10(14)4-5-12(11)18(13)8-6-15/h4-5,9H,2-3,6-8,15H2,1H3,(H,16,17). The maximum Gasteiger partial charge on any atom is 0.203 e. The van der Waals surface area contributed by atoms with Crippen molar-refractivity contribution in [2.75, 3.05) is 18.4 Å². The monoisotopic (exact) mass is 250 g/mol. The third-order valence-electron chi connectivity index (χ3n) is 2.88. The summed E-state index contributed by atoms with van der Waals surface area (Å²) in [5, 5.41) is 3.28. The van der Waals surface area contributed by atoms with E-state index in [1.54, 1.807) is 6.07 Å². The molecule has 0 atom stereocenters. The Morgan fingerprint density at radius 1 is 1.44 bits per heavy atom. The van der Waals surface area contributed by atoms with E-state index in [-0.39, 0.29) is 5.82 Å². The first-order chi connectivity index (χ1) is 8.76. The normalized spacial score (nSPS) is 11.1. The average molecular weight is 250 g/mol. The molecule has 18 heavy (non-hydrogen) atoms. The molecule has 0 radical (unpaired) electrons. The number of halogens is 1. The van der Waals surface area contributed by atoms with Crippen LogP contribution in [0.4, 0.5) is 10.3 Å². The highest BCUT2D eigenvalue weighted by molar-refractivity contribution is 5.78. The van der Waals surface area contributed by atoms with E-state index in [1.165, 1.54) is 12.1 Å². The number of hydrogen-bond donors (Lipinski definition) is 2. The maximum absolute atomic E-state index is 13.2. The molecule has 0 amide bonds. The van der Waals surface area contributed by atoms with Gasteiger partial charge >= 0.3 is 0 Å². The zero-order chi connectivity index (χ0) is 13.0. The lowest BCUT2D eigenvalue weighted by molar-refractivity contribution is 0.629. The van der Waals surface area contributed by atoms with E-state index in [1.807, 2.05) is 4.57 Å². The second-order valence-corrected chi connectivity index (χ2v) is 4.29. The first-order valence-electron chi connectivity index (χ1n) is 6.36. The van der Waals surface area contributed by atoms with E-state index < -0.39 is 0 Å². The highest BCUT2D eigenvalue weighted by atomic mass is 19.1. The van der Waals surface area contributed by atoms with Gasteiger partial charge in [-0.25, -0.2) is 9.37 Å². The molecule has 0 saturated carbocycles. The minimum atomic E-state index is -0.264. The summed E-state index contributed by atoms with van der Waals surface area (Å²) in [5.74, 6) is 0.509. The summed E-state index contributed by atoms with van der Waals surface area (Å²) >= 11 is 0. The van der Waals surface area contributed by atoms with Crippen molar-refractivity contribution >= 4 is 17.0 Å². The van der Waals surface area contributed by atoms with E-state index in [2.05, 4.69) is 17.2 Å². The SMILES string of the molecule is CCCCNc1nc2cc(F)ccc2n1CCN. The molecular formula is C13H19FN4. The number of fused-ring (bicyclic) bond motifs is 1. The van der Waals surface area contributed by atoms with Crippen LogP contribution in [0, 0.1) is 5.82 Å². The number of hydrogen-bond acceptors (Lipinski definition) is 3. The van der Waals surface area contributed by atoms with Gasteiger partial charge in [0.2, 0.25) is 5.95 Å². The minimum absolute atomic E-state index is 0.264. The van der Waals surface area contributed by atoms with Gasteiger partial charge < -0.3 is 15.6 Å². The lowest BCUT2D eigenvalue weighted by Gasteiger charge is -2.09. The molecule has 2 aromatic rings. The highest BCUT2D eigenvalue weighted by Gasteiger charge is 2.10. The van der Waals surface area contributed by atoms with Crippen molar-refractivity contribution in [1.29, 1.82) is 0 Å². The van der Waals surface area contributed by atoms with E-state index >= 15 is 0 Å². The van der Waals surface area contributed by atoms with Crippen LogP contribution in [0.25, 0.3) is 11.0 Å². The van der Waals surface area contributed by atoms with Gasteiger partial charge in [0.15, 0.2) is 0 Å². The van der Waals surface area contributed by atoms with Crippen LogP contribution < -0.4 is 11.1 Å². The molecule has 1 heterocycles. The van der Waals surface area contributed by atoms with Crippen LogP contribution in [0.2, 0.25) is 0 Å². The molecule has 0 aliphatic carbocycles. The second-order valence-electron chi connectivity index (χ2n) is 4.29. The third-order valence-corrected chi connectivity index (χ3v) is 2.88. The van der Waals surface area contributed by atoms with Crippen LogP contribution in [-0.4, -0.2) is 22.6 Å². The molecule has 0 bridgehead atoms. The average Bonchev–Trinajstić information content (AvgIpc) is 2.68. The zero-order valence-electron chi connectivity index (χ0n) is 10.6. The van der Waals surface area contributed by atoms with Crippen molar-refractivity contribution in [1.82, 2.24) is 9.55 Å². The van der Waals surface area contributed by atoms with Crippen molar-refractivity contribution in [2.45, 2.75) is 26.3 Å². The highest BCUT2D eigenvalue weighted by Crippen LogP contribution is 2.20. The molecule has 0 saturated heterocycles. The Morgan fingerprint density at radius 3 is 3.00 bits per heavy atom. The number of anilines is 1. The lowest BCUT2D eigenvalue weighted by Crippen LogP contribution is -2.14. The molecule has 3 N–H and O–H groups in total. The van der Waals surface area contributed by atoms with E-state index in [0.717, 1.165) is 30.9 Å². The van der Waals surface area contributed by atoms with Gasteiger partial charge in [-0.3, -0.25) is 0 Å². The predicted octanol–water partition coefficient (Wildman–Crippen LogP) is 2.35. The summed E-state index contributed by atoms with van der Waals surface area (Å²) in [6.45, 7) is 4.22. The number of unbranched alkanes of at least 4 members (excludes halogenated alkanes) is 1. The van der Waals surface area contributed by atoms with Gasteiger partial charge in [-0.2, -0.15) is 0 Å². The smallest absolute Gasteiger partial charge is 0.203 e. The van der Waals surface area contributed by atoms with Crippen LogP contribution in [0.15, 0.2) is 18.2 Å². The fraction of sp³-hybridized carbons (Fsp3) is 0.462. The van der Waals surface area contributed by atoms with Gasteiger partial charge in [0.25, 0.3) is 0 Å². The third kappa shape index (κ3) is 2.61. The fourth-order valence-corrected chi connectivity index (χ4v) is 1.97. The molecule has 2 rings (SSSR count). The fourth-order valence-electron chi connectivity index (χ4n) is 1.97. The summed E-state index contributed by atoms with van der Waals surface area (Å²) in [6, 6.07) is 4.65. The molecule has 4 nitrogen and oxygen atoms in total. The summed E-state index contributed by atoms with van der Waals surface area (Å²) in [7, 11) is 0. The van der Waals surface area contributed by atoms with Gasteiger partial charge in [0.1, 0.15) is 5.82 Å².